The molecule has 2 saturated carbocycles. The minimum absolute atomic E-state index is 0.0740. The molecule has 2 fully saturated rings. The van der Waals surface area contributed by atoms with Crippen LogP contribution in [0.5, 0.6) is 0 Å². The lowest BCUT2D eigenvalue weighted by molar-refractivity contribution is -0.146. The highest BCUT2D eigenvalue weighted by Gasteiger charge is 2.42. The molecule has 0 saturated heterocycles. The zero-order valence-electron chi connectivity index (χ0n) is 12.3. The molecule has 0 heterocycles. The fourth-order valence-electron chi connectivity index (χ4n) is 3.63. The van der Waals surface area contributed by atoms with E-state index in [0.29, 0.717) is 18.8 Å². The Morgan fingerprint density at radius 1 is 1.20 bits per heavy atom. The van der Waals surface area contributed by atoms with Crippen molar-refractivity contribution in [1.82, 2.24) is 5.32 Å². The summed E-state index contributed by atoms with van der Waals surface area (Å²) in [6, 6.07) is 0.141. The molecule has 0 aromatic carbocycles. The van der Waals surface area contributed by atoms with E-state index in [4.69, 9.17) is 4.74 Å². The molecule has 3 unspecified atom stereocenters. The van der Waals surface area contributed by atoms with Crippen molar-refractivity contribution in [3.63, 3.8) is 0 Å². The maximum absolute atomic E-state index is 12.4. The first-order valence-electron chi connectivity index (χ1n) is 7.61. The van der Waals surface area contributed by atoms with E-state index in [2.05, 4.69) is 12.2 Å². The van der Waals surface area contributed by atoms with Gasteiger partial charge in [0.2, 0.25) is 5.91 Å². The molecule has 0 bridgehead atoms. The van der Waals surface area contributed by atoms with Gasteiger partial charge >= 0.3 is 5.97 Å². The summed E-state index contributed by atoms with van der Waals surface area (Å²) in [5.74, 6) is -1.42. The molecule has 0 aliphatic heterocycles. The van der Waals surface area contributed by atoms with Gasteiger partial charge in [0.25, 0.3) is 0 Å². The van der Waals surface area contributed by atoms with Crippen LogP contribution in [-0.2, 0) is 14.3 Å². The van der Waals surface area contributed by atoms with Crippen molar-refractivity contribution in [3.05, 3.63) is 0 Å². The molecule has 1 amide bonds. The van der Waals surface area contributed by atoms with Gasteiger partial charge in [-0.3, -0.25) is 9.59 Å². The van der Waals surface area contributed by atoms with Crippen molar-refractivity contribution in [3.8, 4) is 0 Å². The molecule has 5 nitrogen and oxygen atoms in total. The number of carboxylic acid groups (broad SMARTS) is 1. The number of hydrogen-bond acceptors (Lipinski definition) is 3. The quantitative estimate of drug-likeness (QED) is 0.807. The summed E-state index contributed by atoms with van der Waals surface area (Å²) < 4.78 is 5.30. The first-order chi connectivity index (χ1) is 9.55. The molecule has 2 aliphatic rings. The summed E-state index contributed by atoms with van der Waals surface area (Å²) in [5, 5.41) is 12.3. The van der Waals surface area contributed by atoms with Gasteiger partial charge in [-0.1, -0.05) is 13.3 Å². The normalized spacial score (nSPS) is 37.0. The molecule has 0 aromatic heterocycles. The number of carbonyl (C=O) groups is 2. The lowest BCUT2D eigenvalue weighted by Gasteiger charge is -2.19. The highest BCUT2D eigenvalue weighted by Crippen LogP contribution is 2.38. The van der Waals surface area contributed by atoms with Crippen LogP contribution >= 0.6 is 0 Å². The summed E-state index contributed by atoms with van der Waals surface area (Å²) in [6.07, 6.45) is 5.24. The molecule has 5 heteroatoms. The average molecular weight is 283 g/mol. The Labute approximate surface area is 120 Å². The Bertz CT molecular complexity index is 371. The van der Waals surface area contributed by atoms with E-state index < -0.39 is 11.9 Å². The summed E-state index contributed by atoms with van der Waals surface area (Å²) >= 11 is 0. The van der Waals surface area contributed by atoms with Crippen LogP contribution in [0.4, 0.5) is 0 Å². The highest BCUT2D eigenvalue weighted by atomic mass is 16.5. The number of amides is 1. The van der Waals surface area contributed by atoms with Crippen molar-refractivity contribution in [1.29, 1.82) is 0 Å². The summed E-state index contributed by atoms with van der Waals surface area (Å²) in [6.45, 7) is 2.06. The predicted molar refractivity (Wildman–Crippen MR) is 74.2 cm³/mol. The van der Waals surface area contributed by atoms with Crippen molar-refractivity contribution in [2.75, 3.05) is 7.11 Å². The summed E-state index contributed by atoms with van der Waals surface area (Å²) in [7, 11) is 1.69. The standard InChI is InChI=1S/C15H25NO4/c1-3-9-6-12(13(7-9)15(18)19)14(17)16-10-4-5-11(8-10)20-2/h9-13H,3-8H2,1-2H3,(H,16,17)(H,18,19)/t9?,10?,11?,12-,13+/m0/s1. The Morgan fingerprint density at radius 3 is 2.45 bits per heavy atom. The molecular formula is C15H25NO4. The number of rotatable bonds is 5. The van der Waals surface area contributed by atoms with E-state index in [1.54, 1.807) is 7.11 Å². The van der Waals surface area contributed by atoms with Gasteiger partial charge in [0.15, 0.2) is 0 Å². The van der Waals surface area contributed by atoms with E-state index in [-0.39, 0.29) is 24.0 Å². The maximum atomic E-state index is 12.4. The first-order valence-corrected chi connectivity index (χ1v) is 7.61. The van der Waals surface area contributed by atoms with Crippen LogP contribution in [0, 0.1) is 17.8 Å². The number of nitrogens with one attached hydrogen (secondary N) is 1. The number of hydrogen-bond donors (Lipinski definition) is 2. The Kier molecular flexibility index (Phi) is 5.02. The number of carboxylic acids is 1. The second-order valence-electron chi connectivity index (χ2n) is 6.17. The molecule has 2 rings (SSSR count). The fourth-order valence-corrected chi connectivity index (χ4v) is 3.63. The number of carbonyl (C=O) groups excluding carboxylic acids is 1. The average Bonchev–Trinajstić information content (AvgIpc) is 3.04. The molecule has 2 aliphatic carbocycles. The van der Waals surface area contributed by atoms with Crippen molar-refractivity contribution in [2.45, 2.75) is 57.6 Å². The predicted octanol–water partition coefficient (Wildman–Crippen LogP) is 1.81. The molecule has 0 radical (unpaired) electrons. The van der Waals surface area contributed by atoms with Gasteiger partial charge < -0.3 is 15.2 Å². The number of methoxy groups -OCH3 is 1. The molecular weight excluding hydrogens is 258 g/mol. The lowest BCUT2D eigenvalue weighted by Crippen LogP contribution is -2.40. The van der Waals surface area contributed by atoms with Crippen LogP contribution in [0.15, 0.2) is 0 Å². The zero-order chi connectivity index (χ0) is 14.7. The molecule has 0 aromatic rings. The zero-order valence-corrected chi connectivity index (χ0v) is 12.3. The van der Waals surface area contributed by atoms with Gasteiger partial charge in [0.1, 0.15) is 0 Å². The van der Waals surface area contributed by atoms with Gasteiger partial charge in [0.05, 0.1) is 17.9 Å². The van der Waals surface area contributed by atoms with Gasteiger partial charge in [-0.05, 0) is 38.0 Å². The molecule has 0 spiro atoms. The van der Waals surface area contributed by atoms with Crippen molar-refractivity contribution < 1.29 is 19.4 Å². The third kappa shape index (κ3) is 3.32. The minimum atomic E-state index is -0.831. The van der Waals surface area contributed by atoms with Gasteiger partial charge in [-0.25, -0.2) is 0 Å². The monoisotopic (exact) mass is 283 g/mol. The van der Waals surface area contributed by atoms with Gasteiger partial charge in [0, 0.05) is 13.2 Å². The Morgan fingerprint density at radius 2 is 1.90 bits per heavy atom. The Balaban J connectivity index is 1.92. The molecule has 20 heavy (non-hydrogen) atoms. The smallest absolute Gasteiger partial charge is 0.307 e. The van der Waals surface area contributed by atoms with E-state index in [0.717, 1.165) is 25.7 Å². The molecule has 5 atom stereocenters. The van der Waals surface area contributed by atoms with Crippen molar-refractivity contribution >= 4 is 11.9 Å². The molecule has 2 N–H and O–H groups in total. The van der Waals surface area contributed by atoms with Crippen LogP contribution in [0.1, 0.15) is 45.4 Å². The second-order valence-corrected chi connectivity index (χ2v) is 6.17. The van der Waals surface area contributed by atoms with Crippen LogP contribution in [0.25, 0.3) is 0 Å². The second kappa shape index (κ2) is 6.57. The van der Waals surface area contributed by atoms with Crippen LogP contribution in [0.3, 0.4) is 0 Å². The summed E-state index contributed by atoms with van der Waals surface area (Å²) in [4.78, 5) is 23.7. The Hall–Kier alpha value is -1.10. The number of aliphatic carboxylic acids is 1. The maximum Gasteiger partial charge on any atom is 0.307 e. The van der Waals surface area contributed by atoms with E-state index >= 15 is 0 Å². The minimum Gasteiger partial charge on any atom is -0.481 e. The van der Waals surface area contributed by atoms with Crippen LogP contribution in [-0.4, -0.2) is 36.2 Å². The van der Waals surface area contributed by atoms with E-state index in [1.807, 2.05) is 0 Å². The third-order valence-corrected chi connectivity index (χ3v) is 4.96. The van der Waals surface area contributed by atoms with E-state index in [9.17, 15) is 14.7 Å². The SMILES string of the molecule is CCC1C[C@H](C(=O)NC2CCC(OC)C2)[C@H](C(=O)O)C1. The van der Waals surface area contributed by atoms with Gasteiger partial charge in [-0.15, -0.1) is 0 Å². The third-order valence-electron chi connectivity index (χ3n) is 4.96. The topological polar surface area (TPSA) is 75.6 Å². The number of ether oxygens (including phenoxy) is 1. The first kappa shape index (κ1) is 15.3. The van der Waals surface area contributed by atoms with Gasteiger partial charge in [-0.2, -0.15) is 0 Å². The van der Waals surface area contributed by atoms with Crippen LogP contribution < -0.4 is 5.32 Å². The van der Waals surface area contributed by atoms with Crippen LogP contribution in [0.2, 0.25) is 0 Å². The molecule has 114 valence electrons. The van der Waals surface area contributed by atoms with Crippen molar-refractivity contribution in [2.24, 2.45) is 17.8 Å². The largest absolute Gasteiger partial charge is 0.481 e. The fraction of sp³-hybridized carbons (Fsp3) is 0.867. The van der Waals surface area contributed by atoms with E-state index in [1.165, 1.54) is 0 Å². The summed E-state index contributed by atoms with van der Waals surface area (Å²) in [5.41, 5.74) is 0. The lowest BCUT2D eigenvalue weighted by atomic mass is 9.95. The highest BCUT2D eigenvalue weighted by molar-refractivity contribution is 5.85.